The van der Waals surface area contributed by atoms with Crippen molar-refractivity contribution in [3.8, 4) is 6.07 Å². The second kappa shape index (κ2) is 8.61. The van der Waals surface area contributed by atoms with Crippen molar-refractivity contribution in [2.24, 2.45) is 11.8 Å². The van der Waals surface area contributed by atoms with Crippen LogP contribution in [0.4, 0.5) is 17.6 Å². The van der Waals surface area contributed by atoms with E-state index >= 15 is 0 Å². The molecule has 2 aliphatic rings. The number of nitriles is 1. The van der Waals surface area contributed by atoms with Crippen LogP contribution < -0.4 is 10.4 Å². The average molecular weight is 459 g/mol. The SMILES string of the molecule is CNC(=O)c1ccc(C2C3CCC=CC3C(c3ccc(C#N)c(C(F)(F)F)c3)[NH+]2[O-])cc1F. The summed E-state index contributed by atoms with van der Waals surface area (Å²) in [6, 6.07) is 7.41. The van der Waals surface area contributed by atoms with Gasteiger partial charge in [0.15, 0.2) is 0 Å². The van der Waals surface area contributed by atoms with Gasteiger partial charge in [-0.2, -0.15) is 18.4 Å². The van der Waals surface area contributed by atoms with Gasteiger partial charge in [-0.25, -0.2) is 4.39 Å². The summed E-state index contributed by atoms with van der Waals surface area (Å²) >= 11 is 0. The number of quaternary nitrogens is 1. The molecular formula is C24H21F4N3O2. The summed E-state index contributed by atoms with van der Waals surface area (Å²) < 4.78 is 55.2. The van der Waals surface area contributed by atoms with Crippen molar-refractivity contribution in [1.82, 2.24) is 5.32 Å². The smallest absolute Gasteiger partial charge is 0.417 e. The molecule has 5 atom stereocenters. The van der Waals surface area contributed by atoms with Crippen LogP contribution in [-0.2, 0) is 6.18 Å². The van der Waals surface area contributed by atoms with Crippen LogP contribution in [0, 0.1) is 34.2 Å². The second-order valence-corrected chi connectivity index (χ2v) is 8.34. The fourth-order valence-electron chi connectivity index (χ4n) is 5.15. The largest absolute Gasteiger partial charge is 0.633 e. The number of allylic oxidation sites excluding steroid dienone is 1. The number of carbonyl (C=O) groups excluding carboxylic acids is 1. The van der Waals surface area contributed by atoms with Gasteiger partial charge in [0.1, 0.15) is 17.9 Å². The van der Waals surface area contributed by atoms with Gasteiger partial charge < -0.3 is 15.6 Å². The molecule has 9 heteroatoms. The number of nitrogens with zero attached hydrogens (tertiary/aromatic N) is 1. The highest BCUT2D eigenvalue weighted by atomic mass is 19.4. The van der Waals surface area contributed by atoms with E-state index in [1.807, 2.05) is 12.2 Å². The van der Waals surface area contributed by atoms with Crippen LogP contribution in [-0.4, -0.2) is 13.0 Å². The van der Waals surface area contributed by atoms with Gasteiger partial charge >= 0.3 is 6.18 Å². The Morgan fingerprint density at radius 3 is 2.52 bits per heavy atom. The molecule has 2 N–H and O–H groups in total. The average Bonchev–Trinajstić information content (AvgIpc) is 3.09. The number of rotatable bonds is 3. The van der Waals surface area contributed by atoms with Crippen molar-refractivity contribution in [2.75, 3.05) is 7.05 Å². The number of hydrogen-bond acceptors (Lipinski definition) is 3. The summed E-state index contributed by atoms with van der Waals surface area (Å²) in [5.41, 5.74) is -1.13. The second-order valence-electron chi connectivity index (χ2n) is 8.34. The highest BCUT2D eigenvalue weighted by Crippen LogP contribution is 2.46. The summed E-state index contributed by atoms with van der Waals surface area (Å²) in [5, 5.41) is 24.7. The summed E-state index contributed by atoms with van der Waals surface area (Å²) in [4.78, 5) is 11.8. The third-order valence-electron chi connectivity index (χ3n) is 6.60. The van der Waals surface area contributed by atoms with Crippen molar-refractivity contribution in [3.05, 3.63) is 87.4 Å². The van der Waals surface area contributed by atoms with Crippen LogP contribution in [0.25, 0.3) is 0 Å². The van der Waals surface area contributed by atoms with Crippen LogP contribution in [0.5, 0.6) is 0 Å². The molecule has 1 aliphatic heterocycles. The molecule has 1 aliphatic carbocycles. The van der Waals surface area contributed by atoms with E-state index in [9.17, 15) is 27.6 Å². The van der Waals surface area contributed by atoms with E-state index in [-0.39, 0.29) is 28.0 Å². The molecule has 1 amide bonds. The fourth-order valence-corrected chi connectivity index (χ4v) is 5.15. The molecule has 0 radical (unpaired) electrons. The number of halogens is 4. The molecule has 0 aromatic heterocycles. The third-order valence-corrected chi connectivity index (χ3v) is 6.60. The van der Waals surface area contributed by atoms with Crippen LogP contribution >= 0.6 is 0 Å². The molecule has 2 aromatic rings. The van der Waals surface area contributed by atoms with Gasteiger partial charge in [0.05, 0.1) is 22.8 Å². The minimum absolute atomic E-state index is 0.148. The Morgan fingerprint density at radius 2 is 1.88 bits per heavy atom. The van der Waals surface area contributed by atoms with Crippen molar-refractivity contribution in [1.29, 1.82) is 5.26 Å². The number of alkyl halides is 3. The Morgan fingerprint density at radius 1 is 1.18 bits per heavy atom. The molecule has 2 aromatic carbocycles. The minimum Gasteiger partial charge on any atom is -0.633 e. The van der Waals surface area contributed by atoms with Crippen LogP contribution in [0.15, 0.2) is 48.6 Å². The maximum Gasteiger partial charge on any atom is 0.417 e. The first-order chi connectivity index (χ1) is 15.7. The van der Waals surface area contributed by atoms with E-state index in [4.69, 9.17) is 5.26 Å². The van der Waals surface area contributed by atoms with Crippen molar-refractivity contribution in [3.63, 3.8) is 0 Å². The molecule has 0 saturated carbocycles. The molecule has 5 unspecified atom stereocenters. The number of nitrogens with one attached hydrogen (secondary N) is 2. The lowest BCUT2D eigenvalue weighted by Crippen LogP contribution is -3.06. The van der Waals surface area contributed by atoms with Crippen LogP contribution in [0.2, 0.25) is 0 Å². The Balaban J connectivity index is 1.78. The summed E-state index contributed by atoms with van der Waals surface area (Å²) in [7, 11) is 1.38. The van der Waals surface area contributed by atoms with Crippen molar-refractivity contribution < 1.29 is 27.4 Å². The molecule has 4 rings (SSSR count). The standard InChI is InChI=1S/C24H21F4N3O2/c1-30-23(32)18-9-8-14(11-20(18)25)22-17-5-3-2-4-16(17)21(31(22)33)13-6-7-15(12-29)19(10-13)24(26,27)28/h2,4,6-11,16-17,21-22,31H,3,5H2,1H3,(H,30,32). The molecule has 0 bridgehead atoms. The topological polar surface area (TPSA) is 80.4 Å². The maximum atomic E-state index is 14.6. The lowest BCUT2D eigenvalue weighted by Gasteiger charge is -2.32. The summed E-state index contributed by atoms with van der Waals surface area (Å²) in [6.45, 7) is 0. The number of carbonyl (C=O) groups is 1. The van der Waals surface area contributed by atoms with Gasteiger partial charge in [-0.3, -0.25) is 4.79 Å². The van der Waals surface area contributed by atoms with Gasteiger partial charge in [-0.05, 0) is 37.1 Å². The van der Waals surface area contributed by atoms with Crippen LogP contribution in [0.3, 0.4) is 0 Å². The molecule has 1 heterocycles. The first-order valence-electron chi connectivity index (χ1n) is 10.5. The van der Waals surface area contributed by atoms with E-state index in [1.165, 1.54) is 31.3 Å². The van der Waals surface area contributed by atoms with Crippen LogP contribution in [0.1, 0.15) is 57.5 Å². The number of amides is 1. The van der Waals surface area contributed by atoms with E-state index in [1.54, 1.807) is 6.07 Å². The van der Waals surface area contributed by atoms with E-state index < -0.39 is 41.1 Å². The lowest BCUT2D eigenvalue weighted by molar-refractivity contribution is -0.902. The lowest BCUT2D eigenvalue weighted by atomic mass is 9.77. The number of fused-ring (bicyclic) bond motifs is 1. The van der Waals surface area contributed by atoms with E-state index in [2.05, 4.69) is 5.32 Å². The Bertz CT molecular complexity index is 1160. The normalized spacial score (nSPS) is 26.5. The zero-order chi connectivity index (χ0) is 23.9. The highest BCUT2D eigenvalue weighted by Gasteiger charge is 2.50. The number of benzene rings is 2. The molecule has 1 saturated heterocycles. The fraction of sp³-hybridized carbons (Fsp3) is 0.333. The predicted octanol–water partition coefficient (Wildman–Crippen LogP) is 3.84. The molecule has 1 fully saturated rings. The van der Waals surface area contributed by atoms with Gasteiger partial charge in [-0.1, -0.05) is 24.3 Å². The highest BCUT2D eigenvalue weighted by molar-refractivity contribution is 5.94. The zero-order valence-corrected chi connectivity index (χ0v) is 17.6. The number of hydrogen-bond donors (Lipinski definition) is 2. The van der Waals surface area contributed by atoms with E-state index in [0.29, 0.717) is 18.4 Å². The Labute approximate surface area is 187 Å². The molecular weight excluding hydrogens is 438 g/mol. The Kier molecular flexibility index (Phi) is 5.99. The van der Waals surface area contributed by atoms with E-state index in [0.717, 1.165) is 12.1 Å². The maximum absolute atomic E-state index is 14.6. The quantitative estimate of drug-likeness (QED) is 0.416. The van der Waals surface area contributed by atoms with Gasteiger partial charge in [0, 0.05) is 30.0 Å². The minimum atomic E-state index is -4.73. The molecule has 0 spiro atoms. The first kappa shape index (κ1) is 23.0. The first-order valence-corrected chi connectivity index (χ1v) is 10.5. The Hall–Kier alpha value is -3.22. The monoisotopic (exact) mass is 459 g/mol. The van der Waals surface area contributed by atoms with Crippen molar-refractivity contribution >= 4 is 5.91 Å². The summed E-state index contributed by atoms with van der Waals surface area (Å²) in [5.74, 6) is -1.90. The number of hydroxylamine groups is 2. The third kappa shape index (κ3) is 4.01. The predicted molar refractivity (Wildman–Crippen MR) is 111 cm³/mol. The molecule has 5 nitrogen and oxygen atoms in total. The van der Waals surface area contributed by atoms with Gasteiger partial charge in [0.2, 0.25) is 0 Å². The summed E-state index contributed by atoms with van der Waals surface area (Å²) in [6.07, 6.45) is 0.376. The van der Waals surface area contributed by atoms with Gasteiger partial charge in [-0.15, -0.1) is 0 Å². The van der Waals surface area contributed by atoms with Gasteiger partial charge in [0.25, 0.3) is 5.91 Å². The van der Waals surface area contributed by atoms with Crippen molar-refractivity contribution in [2.45, 2.75) is 31.1 Å². The molecule has 33 heavy (non-hydrogen) atoms. The zero-order valence-electron chi connectivity index (χ0n) is 17.6. The molecule has 172 valence electrons.